The van der Waals surface area contributed by atoms with Crippen LogP contribution in [0.4, 0.5) is 0 Å². The maximum atomic E-state index is 12.2. The number of aromatic nitrogens is 2. The van der Waals surface area contributed by atoms with E-state index in [1.807, 2.05) is 6.07 Å². The molecule has 2 aliphatic rings. The summed E-state index contributed by atoms with van der Waals surface area (Å²) in [5.41, 5.74) is 7.20. The molecule has 0 bridgehead atoms. The van der Waals surface area contributed by atoms with Gasteiger partial charge in [0.2, 0.25) is 0 Å². The first-order valence-corrected chi connectivity index (χ1v) is 6.80. The average molecular weight is 285 g/mol. The number of rotatable bonds is 4. The van der Waals surface area contributed by atoms with E-state index >= 15 is 0 Å². The highest BCUT2D eigenvalue weighted by atomic mass is 35.5. The summed E-state index contributed by atoms with van der Waals surface area (Å²) in [4.78, 5) is 12.2. The standard InChI is InChI=1S/C13H20N4O.ClH/c14-8-13(5-1-2-6-13)15-12(18)11-7-10(16-17-11)9-3-4-9;/h7,9H,1-6,8,14H2,(H,15,18)(H,16,17);1H. The van der Waals surface area contributed by atoms with Gasteiger partial charge in [0.25, 0.3) is 5.91 Å². The minimum atomic E-state index is -0.199. The molecule has 3 rings (SSSR count). The van der Waals surface area contributed by atoms with Crippen LogP contribution in [0.3, 0.4) is 0 Å². The Morgan fingerprint density at radius 3 is 2.74 bits per heavy atom. The van der Waals surface area contributed by atoms with Crippen LogP contribution in [0.2, 0.25) is 0 Å². The molecule has 1 aromatic rings. The zero-order chi connectivity index (χ0) is 12.6. The van der Waals surface area contributed by atoms with Crippen LogP contribution in [0.15, 0.2) is 6.07 Å². The minimum absolute atomic E-state index is 0. The zero-order valence-corrected chi connectivity index (χ0v) is 11.8. The van der Waals surface area contributed by atoms with Crippen molar-refractivity contribution in [3.63, 3.8) is 0 Å². The summed E-state index contributed by atoms with van der Waals surface area (Å²) in [5, 5.41) is 10.2. The van der Waals surface area contributed by atoms with Gasteiger partial charge in [-0.25, -0.2) is 0 Å². The SMILES string of the molecule is Cl.NCC1(NC(=O)c2cc(C3CC3)[nH]n2)CCCC1. The van der Waals surface area contributed by atoms with E-state index in [1.54, 1.807) is 0 Å². The monoisotopic (exact) mass is 284 g/mol. The lowest BCUT2D eigenvalue weighted by molar-refractivity contribution is 0.0898. The van der Waals surface area contributed by atoms with Crippen LogP contribution in [0.5, 0.6) is 0 Å². The number of hydrogen-bond donors (Lipinski definition) is 3. The molecule has 106 valence electrons. The van der Waals surface area contributed by atoms with Crippen molar-refractivity contribution in [3.05, 3.63) is 17.5 Å². The van der Waals surface area contributed by atoms with Gasteiger partial charge in [-0.05, 0) is 31.7 Å². The predicted octanol–water partition coefficient (Wildman–Crippen LogP) is 1.71. The molecule has 1 amide bonds. The number of hydrogen-bond acceptors (Lipinski definition) is 3. The molecule has 6 heteroatoms. The maximum absolute atomic E-state index is 12.2. The normalized spacial score (nSPS) is 20.9. The van der Waals surface area contributed by atoms with Gasteiger partial charge in [0.15, 0.2) is 0 Å². The Labute approximate surface area is 119 Å². The van der Waals surface area contributed by atoms with Gasteiger partial charge in [-0.15, -0.1) is 12.4 Å². The van der Waals surface area contributed by atoms with Gasteiger partial charge in [0, 0.05) is 18.2 Å². The summed E-state index contributed by atoms with van der Waals surface area (Å²) >= 11 is 0. The topological polar surface area (TPSA) is 83.8 Å². The average Bonchev–Trinajstić information content (AvgIpc) is 2.94. The summed E-state index contributed by atoms with van der Waals surface area (Å²) in [6, 6.07) is 1.88. The lowest BCUT2D eigenvalue weighted by Crippen LogP contribution is -2.51. The van der Waals surface area contributed by atoms with Gasteiger partial charge in [-0.3, -0.25) is 9.89 Å². The van der Waals surface area contributed by atoms with Crippen molar-refractivity contribution in [1.82, 2.24) is 15.5 Å². The van der Waals surface area contributed by atoms with Gasteiger partial charge in [-0.2, -0.15) is 5.10 Å². The first kappa shape index (κ1) is 14.3. The summed E-state index contributed by atoms with van der Waals surface area (Å²) in [6.45, 7) is 0.513. The highest BCUT2D eigenvalue weighted by molar-refractivity contribution is 5.93. The van der Waals surface area contributed by atoms with Gasteiger partial charge >= 0.3 is 0 Å². The van der Waals surface area contributed by atoms with Gasteiger partial charge in [-0.1, -0.05) is 12.8 Å². The third kappa shape index (κ3) is 2.92. The second-order valence-corrected chi connectivity index (χ2v) is 5.63. The molecule has 0 aromatic carbocycles. The van der Waals surface area contributed by atoms with E-state index in [1.165, 1.54) is 12.8 Å². The van der Waals surface area contributed by atoms with Crippen molar-refractivity contribution in [2.24, 2.45) is 5.73 Å². The summed E-state index contributed by atoms with van der Waals surface area (Å²) in [5.74, 6) is 0.500. The molecular formula is C13H21ClN4O. The Hall–Kier alpha value is -1.07. The number of halogens is 1. The molecule has 4 N–H and O–H groups in total. The van der Waals surface area contributed by atoms with Crippen molar-refractivity contribution < 1.29 is 4.79 Å². The summed E-state index contributed by atoms with van der Waals surface area (Å²) in [7, 11) is 0. The lowest BCUT2D eigenvalue weighted by Gasteiger charge is -2.28. The molecule has 1 heterocycles. The molecule has 2 aliphatic carbocycles. The molecule has 0 spiro atoms. The van der Waals surface area contributed by atoms with Gasteiger partial charge in [0.1, 0.15) is 5.69 Å². The van der Waals surface area contributed by atoms with E-state index in [9.17, 15) is 4.79 Å². The number of nitrogens with two attached hydrogens (primary N) is 1. The number of carbonyl (C=O) groups excluding carboxylic acids is 1. The minimum Gasteiger partial charge on any atom is -0.344 e. The Morgan fingerprint density at radius 2 is 2.16 bits per heavy atom. The van der Waals surface area contributed by atoms with E-state index < -0.39 is 0 Å². The number of H-pyrrole nitrogens is 1. The van der Waals surface area contributed by atoms with Gasteiger partial charge in [0.05, 0.1) is 5.54 Å². The smallest absolute Gasteiger partial charge is 0.272 e. The molecule has 19 heavy (non-hydrogen) atoms. The van der Waals surface area contributed by atoms with Gasteiger partial charge < -0.3 is 11.1 Å². The Bertz CT molecular complexity index is 449. The van der Waals surface area contributed by atoms with Crippen LogP contribution >= 0.6 is 12.4 Å². The number of aromatic amines is 1. The molecule has 0 unspecified atom stereocenters. The zero-order valence-electron chi connectivity index (χ0n) is 10.9. The van der Waals surface area contributed by atoms with E-state index in [4.69, 9.17) is 5.73 Å². The quantitative estimate of drug-likeness (QED) is 0.787. The Kier molecular flexibility index (Phi) is 4.16. The molecule has 2 fully saturated rings. The second kappa shape index (κ2) is 5.51. The first-order chi connectivity index (χ1) is 8.72. The second-order valence-electron chi connectivity index (χ2n) is 5.63. The molecule has 2 saturated carbocycles. The largest absolute Gasteiger partial charge is 0.344 e. The molecule has 5 nitrogen and oxygen atoms in total. The molecule has 0 aliphatic heterocycles. The van der Waals surface area contributed by atoms with E-state index in [-0.39, 0.29) is 23.9 Å². The molecule has 0 radical (unpaired) electrons. The van der Waals surface area contributed by atoms with Crippen LogP contribution < -0.4 is 11.1 Å². The van der Waals surface area contributed by atoms with Crippen molar-refractivity contribution in [2.75, 3.05) is 6.54 Å². The van der Waals surface area contributed by atoms with E-state index in [0.717, 1.165) is 31.4 Å². The Balaban J connectivity index is 0.00000133. The highest BCUT2D eigenvalue weighted by Gasteiger charge is 2.35. The van der Waals surface area contributed by atoms with Crippen LogP contribution in [0.25, 0.3) is 0 Å². The first-order valence-electron chi connectivity index (χ1n) is 6.80. The predicted molar refractivity (Wildman–Crippen MR) is 75.5 cm³/mol. The molecule has 1 aromatic heterocycles. The summed E-state index contributed by atoms with van der Waals surface area (Å²) < 4.78 is 0. The van der Waals surface area contributed by atoms with E-state index in [2.05, 4.69) is 15.5 Å². The molecule has 0 saturated heterocycles. The molecule has 0 atom stereocenters. The fraction of sp³-hybridized carbons (Fsp3) is 0.692. The molecular weight excluding hydrogens is 264 g/mol. The lowest BCUT2D eigenvalue weighted by atomic mass is 9.97. The van der Waals surface area contributed by atoms with Crippen molar-refractivity contribution in [1.29, 1.82) is 0 Å². The van der Waals surface area contributed by atoms with Crippen molar-refractivity contribution >= 4 is 18.3 Å². The van der Waals surface area contributed by atoms with Crippen molar-refractivity contribution in [3.8, 4) is 0 Å². The Morgan fingerprint density at radius 1 is 1.47 bits per heavy atom. The van der Waals surface area contributed by atoms with Crippen LogP contribution in [0.1, 0.15) is 60.6 Å². The van der Waals surface area contributed by atoms with Crippen LogP contribution in [0, 0.1) is 0 Å². The number of nitrogens with one attached hydrogen (secondary N) is 2. The highest BCUT2D eigenvalue weighted by Crippen LogP contribution is 2.39. The fourth-order valence-electron chi connectivity index (χ4n) is 2.79. The summed E-state index contributed by atoms with van der Waals surface area (Å²) in [6.07, 6.45) is 6.66. The number of amides is 1. The number of carbonyl (C=O) groups is 1. The third-order valence-corrected chi connectivity index (χ3v) is 4.18. The number of nitrogens with zero attached hydrogens (tertiary/aromatic N) is 1. The van der Waals surface area contributed by atoms with Crippen LogP contribution in [-0.2, 0) is 0 Å². The fourth-order valence-corrected chi connectivity index (χ4v) is 2.79. The third-order valence-electron chi connectivity index (χ3n) is 4.18. The maximum Gasteiger partial charge on any atom is 0.272 e. The van der Waals surface area contributed by atoms with Crippen LogP contribution in [-0.4, -0.2) is 28.2 Å². The van der Waals surface area contributed by atoms with Crippen molar-refractivity contribution in [2.45, 2.75) is 50.0 Å². The van der Waals surface area contributed by atoms with E-state index in [0.29, 0.717) is 18.2 Å².